The maximum Gasteiger partial charge on any atom is 0.0888 e. The summed E-state index contributed by atoms with van der Waals surface area (Å²) in [5.74, 6) is 1.76. The van der Waals surface area contributed by atoms with Crippen molar-refractivity contribution in [2.24, 2.45) is 0 Å². The second kappa shape index (κ2) is 16.1. The third-order valence-electron chi connectivity index (χ3n) is 4.31. The van der Waals surface area contributed by atoms with Gasteiger partial charge in [0.15, 0.2) is 0 Å². The molecule has 0 aromatic rings. The van der Waals surface area contributed by atoms with Crippen molar-refractivity contribution >= 4 is 0 Å². The van der Waals surface area contributed by atoms with Crippen LogP contribution in [0.3, 0.4) is 0 Å². The van der Waals surface area contributed by atoms with Crippen molar-refractivity contribution in [2.75, 3.05) is 13.7 Å². The van der Waals surface area contributed by atoms with Gasteiger partial charge in [0, 0.05) is 12.8 Å². The number of methoxy groups -OCH3 is 1. The number of unbranched alkanes of at least 4 members (excludes halogenated alkanes) is 4. The van der Waals surface area contributed by atoms with Gasteiger partial charge in [-0.2, -0.15) is 0 Å². The van der Waals surface area contributed by atoms with Crippen LogP contribution in [0.2, 0.25) is 0 Å². The average Bonchev–Trinajstić information content (AvgIpc) is 2.58. The Kier molecular flexibility index (Phi) is 15.1. The normalized spacial score (nSPS) is 10.3. The Balaban J connectivity index is 3.39. The maximum absolute atomic E-state index is 5.71. The van der Waals surface area contributed by atoms with Crippen molar-refractivity contribution in [1.82, 2.24) is 0 Å². The highest BCUT2D eigenvalue weighted by Gasteiger charge is 2.00. The molecule has 0 aliphatic heterocycles. The zero-order valence-electron chi connectivity index (χ0n) is 16.8. The largest absolute Gasteiger partial charge is 0.502 e. The van der Waals surface area contributed by atoms with Gasteiger partial charge in [0.25, 0.3) is 0 Å². The van der Waals surface area contributed by atoms with E-state index in [0.29, 0.717) is 0 Å². The molecule has 2 heteroatoms. The highest BCUT2D eigenvalue weighted by molar-refractivity contribution is 4.94. The van der Waals surface area contributed by atoms with E-state index in [1.54, 1.807) is 7.11 Å². The molecule has 0 aliphatic rings. The molecule has 0 saturated carbocycles. The van der Waals surface area contributed by atoms with Crippen LogP contribution in [0.15, 0.2) is 49.0 Å². The molecule has 0 amide bonds. The summed E-state index contributed by atoms with van der Waals surface area (Å²) >= 11 is 0. The summed E-state index contributed by atoms with van der Waals surface area (Å²) in [4.78, 5) is 0. The molecule has 0 saturated heterocycles. The van der Waals surface area contributed by atoms with Gasteiger partial charge in [-0.25, -0.2) is 0 Å². The first-order valence-electron chi connectivity index (χ1n) is 9.79. The van der Waals surface area contributed by atoms with Crippen LogP contribution < -0.4 is 0 Å². The molecule has 0 N–H and O–H groups in total. The quantitative estimate of drug-likeness (QED) is 0.145. The molecular weight excluding hydrogens is 308 g/mol. The summed E-state index contributed by atoms with van der Waals surface area (Å²) in [6, 6.07) is 0. The lowest BCUT2D eigenvalue weighted by molar-refractivity contribution is 0.195. The summed E-state index contributed by atoms with van der Waals surface area (Å²) in [5, 5.41) is 0. The Bertz CT molecular complexity index is 406. The fraction of sp³-hybridized carbons (Fsp3) is 0.652. The fourth-order valence-corrected chi connectivity index (χ4v) is 2.62. The van der Waals surface area contributed by atoms with Crippen LogP contribution in [-0.2, 0) is 9.47 Å². The topological polar surface area (TPSA) is 18.5 Å². The highest BCUT2D eigenvalue weighted by atomic mass is 16.5. The molecule has 0 fully saturated rings. The third-order valence-corrected chi connectivity index (χ3v) is 4.31. The Hall–Kier alpha value is -1.44. The molecule has 0 radical (unpaired) electrons. The van der Waals surface area contributed by atoms with E-state index in [1.165, 1.54) is 36.8 Å². The van der Waals surface area contributed by atoms with Crippen LogP contribution in [0.5, 0.6) is 0 Å². The first-order valence-corrected chi connectivity index (χ1v) is 9.79. The molecule has 2 nitrogen and oxygen atoms in total. The van der Waals surface area contributed by atoms with Gasteiger partial charge in [0.1, 0.15) is 0 Å². The standard InChI is InChI=1S/C23H40O2/c1-20(2)14-9-10-16-21(3)15-8-7-13-19-25-23(5)18-12-11-17-22(4)24-6/h1,3-5,7-19H2,2,6H3. The van der Waals surface area contributed by atoms with Gasteiger partial charge in [-0.15, -0.1) is 6.58 Å². The maximum atomic E-state index is 5.71. The number of ether oxygens (including phenoxy) is 2. The SMILES string of the molecule is C=C(C)CCCCC(=C)CCCCCOC(=C)CCCCC(=C)OC. The van der Waals surface area contributed by atoms with Crippen LogP contribution in [0, 0.1) is 0 Å². The predicted molar refractivity (Wildman–Crippen MR) is 111 cm³/mol. The van der Waals surface area contributed by atoms with Gasteiger partial charge < -0.3 is 9.47 Å². The molecule has 0 rings (SSSR count). The first kappa shape index (κ1) is 23.6. The van der Waals surface area contributed by atoms with Crippen molar-refractivity contribution in [2.45, 2.75) is 84.0 Å². The predicted octanol–water partition coefficient (Wildman–Crippen LogP) is 7.49. The van der Waals surface area contributed by atoms with E-state index in [-0.39, 0.29) is 0 Å². The second-order valence-corrected chi connectivity index (χ2v) is 7.06. The molecule has 0 aliphatic carbocycles. The zero-order valence-corrected chi connectivity index (χ0v) is 16.8. The van der Waals surface area contributed by atoms with Crippen LogP contribution in [0.25, 0.3) is 0 Å². The van der Waals surface area contributed by atoms with E-state index in [9.17, 15) is 0 Å². The van der Waals surface area contributed by atoms with E-state index in [2.05, 4.69) is 33.2 Å². The van der Waals surface area contributed by atoms with Crippen molar-refractivity contribution in [1.29, 1.82) is 0 Å². The zero-order chi connectivity index (χ0) is 18.9. The molecule has 144 valence electrons. The van der Waals surface area contributed by atoms with Crippen molar-refractivity contribution in [3.05, 3.63) is 49.0 Å². The Labute approximate surface area is 156 Å². The number of hydrogen-bond donors (Lipinski definition) is 0. The number of hydrogen-bond acceptors (Lipinski definition) is 2. The van der Waals surface area contributed by atoms with E-state index in [4.69, 9.17) is 9.47 Å². The smallest absolute Gasteiger partial charge is 0.0888 e. The minimum atomic E-state index is 0.786. The van der Waals surface area contributed by atoms with E-state index < -0.39 is 0 Å². The Morgan fingerprint density at radius 1 is 0.640 bits per heavy atom. The minimum absolute atomic E-state index is 0.786. The molecule has 0 spiro atoms. The lowest BCUT2D eigenvalue weighted by Gasteiger charge is -2.10. The second-order valence-electron chi connectivity index (χ2n) is 7.06. The number of allylic oxidation sites excluding steroid dienone is 4. The monoisotopic (exact) mass is 348 g/mol. The lowest BCUT2D eigenvalue weighted by atomic mass is 10.0. The van der Waals surface area contributed by atoms with E-state index in [1.807, 2.05) is 0 Å². The molecule has 0 atom stereocenters. The molecule has 0 bridgehead atoms. The van der Waals surface area contributed by atoms with Crippen LogP contribution in [0.4, 0.5) is 0 Å². The molecule has 0 aromatic carbocycles. The summed E-state index contributed by atoms with van der Waals surface area (Å²) in [7, 11) is 1.67. The van der Waals surface area contributed by atoms with Gasteiger partial charge in [0.2, 0.25) is 0 Å². The summed E-state index contributed by atoms with van der Waals surface area (Å²) < 4.78 is 10.8. The highest BCUT2D eigenvalue weighted by Crippen LogP contribution is 2.16. The molecule has 0 heterocycles. The molecular formula is C23H40O2. The van der Waals surface area contributed by atoms with Gasteiger partial charge in [-0.05, 0) is 71.1 Å². The van der Waals surface area contributed by atoms with Crippen molar-refractivity contribution in [3.8, 4) is 0 Å². The van der Waals surface area contributed by atoms with Crippen LogP contribution in [0.1, 0.15) is 84.0 Å². The van der Waals surface area contributed by atoms with Crippen LogP contribution in [-0.4, -0.2) is 13.7 Å². The van der Waals surface area contributed by atoms with Crippen molar-refractivity contribution < 1.29 is 9.47 Å². The molecule has 0 unspecified atom stereocenters. The van der Waals surface area contributed by atoms with E-state index >= 15 is 0 Å². The number of rotatable bonds is 18. The summed E-state index contributed by atoms with van der Waals surface area (Å²) in [5.41, 5.74) is 2.68. The van der Waals surface area contributed by atoms with Gasteiger partial charge in [-0.3, -0.25) is 0 Å². The summed E-state index contributed by atoms with van der Waals surface area (Å²) in [6.07, 6.45) is 13.5. The van der Waals surface area contributed by atoms with Gasteiger partial charge >= 0.3 is 0 Å². The fourth-order valence-electron chi connectivity index (χ4n) is 2.62. The lowest BCUT2D eigenvalue weighted by Crippen LogP contribution is -1.95. The molecule has 0 aromatic heterocycles. The van der Waals surface area contributed by atoms with Gasteiger partial charge in [-0.1, -0.05) is 30.9 Å². The van der Waals surface area contributed by atoms with Gasteiger partial charge in [0.05, 0.1) is 25.2 Å². The van der Waals surface area contributed by atoms with Crippen molar-refractivity contribution in [3.63, 3.8) is 0 Å². The Morgan fingerprint density at radius 3 is 1.76 bits per heavy atom. The minimum Gasteiger partial charge on any atom is -0.502 e. The summed E-state index contributed by atoms with van der Waals surface area (Å²) in [6.45, 7) is 18.8. The first-order chi connectivity index (χ1) is 12.0. The average molecular weight is 349 g/mol. The molecule has 25 heavy (non-hydrogen) atoms. The van der Waals surface area contributed by atoms with Crippen LogP contribution >= 0.6 is 0 Å². The Morgan fingerprint density at radius 2 is 1.16 bits per heavy atom. The van der Waals surface area contributed by atoms with E-state index in [0.717, 1.165) is 69.5 Å². The third kappa shape index (κ3) is 17.2.